The van der Waals surface area contributed by atoms with Crippen molar-refractivity contribution in [2.45, 2.75) is 13.8 Å². The molecule has 5 nitrogen and oxygen atoms in total. The minimum Gasteiger partial charge on any atom is -0.449 e. The Morgan fingerprint density at radius 1 is 1.55 bits per heavy atom. The Morgan fingerprint density at radius 2 is 2.09 bits per heavy atom. The minimum absolute atomic E-state index is 0.294. The second-order valence-corrected chi connectivity index (χ2v) is 1.93. The molecule has 0 spiro atoms. The first-order valence-electron chi connectivity index (χ1n) is 3.25. The van der Waals surface area contributed by atoms with Gasteiger partial charge >= 0.3 is 6.09 Å². The topological polar surface area (TPSA) is 58.6 Å². The maximum absolute atomic E-state index is 10.8. The SMILES string of the molecule is CCOC(=O)N(C)NC(C)=O. The lowest BCUT2D eigenvalue weighted by molar-refractivity contribution is -0.122. The minimum atomic E-state index is -0.567. The zero-order valence-electron chi connectivity index (χ0n) is 6.88. The highest BCUT2D eigenvalue weighted by Gasteiger charge is 2.08. The maximum atomic E-state index is 10.8. The monoisotopic (exact) mass is 160 g/mol. The number of carbonyl (C=O) groups is 2. The highest BCUT2D eigenvalue weighted by atomic mass is 16.6. The summed E-state index contributed by atoms with van der Waals surface area (Å²) < 4.78 is 4.58. The third-order valence-corrected chi connectivity index (χ3v) is 0.867. The fourth-order valence-corrected chi connectivity index (χ4v) is 0.502. The highest BCUT2D eigenvalue weighted by molar-refractivity contribution is 5.76. The van der Waals surface area contributed by atoms with Gasteiger partial charge in [0.05, 0.1) is 6.61 Å². The average molecular weight is 160 g/mol. The largest absolute Gasteiger partial charge is 0.449 e. The zero-order chi connectivity index (χ0) is 8.85. The van der Waals surface area contributed by atoms with Crippen molar-refractivity contribution >= 4 is 12.0 Å². The van der Waals surface area contributed by atoms with Crippen molar-refractivity contribution in [2.75, 3.05) is 13.7 Å². The molecular formula is C6H12N2O3. The smallest absolute Gasteiger partial charge is 0.428 e. The van der Waals surface area contributed by atoms with Crippen molar-refractivity contribution in [2.24, 2.45) is 0 Å². The van der Waals surface area contributed by atoms with Crippen LogP contribution in [0.25, 0.3) is 0 Å². The summed E-state index contributed by atoms with van der Waals surface area (Å²) in [5, 5.41) is 0.992. The number of hydrogen-bond donors (Lipinski definition) is 1. The van der Waals surface area contributed by atoms with Crippen LogP contribution in [-0.4, -0.2) is 30.7 Å². The fourth-order valence-electron chi connectivity index (χ4n) is 0.502. The van der Waals surface area contributed by atoms with Crippen molar-refractivity contribution in [3.05, 3.63) is 0 Å². The molecule has 0 rings (SSSR count). The second kappa shape index (κ2) is 4.54. The van der Waals surface area contributed by atoms with Gasteiger partial charge in [0.2, 0.25) is 5.91 Å². The number of rotatable bonds is 1. The van der Waals surface area contributed by atoms with Crippen LogP contribution in [0.15, 0.2) is 0 Å². The normalized spacial score (nSPS) is 8.64. The molecule has 0 fully saturated rings. The van der Waals surface area contributed by atoms with E-state index in [9.17, 15) is 9.59 Å². The molecule has 0 aromatic carbocycles. The maximum Gasteiger partial charge on any atom is 0.428 e. The molecule has 0 bridgehead atoms. The summed E-state index contributed by atoms with van der Waals surface area (Å²) in [5.41, 5.74) is 2.25. The van der Waals surface area contributed by atoms with Crippen molar-refractivity contribution in [3.8, 4) is 0 Å². The number of nitrogens with zero attached hydrogens (tertiary/aromatic N) is 1. The molecule has 0 unspecified atom stereocenters. The van der Waals surface area contributed by atoms with Crippen molar-refractivity contribution in [3.63, 3.8) is 0 Å². The molecular weight excluding hydrogens is 148 g/mol. The van der Waals surface area contributed by atoms with Crippen LogP contribution in [0.2, 0.25) is 0 Å². The van der Waals surface area contributed by atoms with Crippen molar-refractivity contribution in [1.29, 1.82) is 0 Å². The van der Waals surface area contributed by atoms with Crippen LogP contribution < -0.4 is 5.43 Å². The van der Waals surface area contributed by atoms with E-state index < -0.39 is 6.09 Å². The van der Waals surface area contributed by atoms with E-state index in [1.165, 1.54) is 14.0 Å². The summed E-state index contributed by atoms with van der Waals surface area (Å²) in [6.07, 6.45) is -0.567. The Morgan fingerprint density at radius 3 is 2.45 bits per heavy atom. The van der Waals surface area contributed by atoms with E-state index in [1.807, 2.05) is 0 Å². The molecule has 0 saturated carbocycles. The molecule has 0 atom stereocenters. The molecule has 11 heavy (non-hydrogen) atoms. The first-order chi connectivity index (χ1) is 5.07. The van der Waals surface area contributed by atoms with E-state index in [0.717, 1.165) is 5.01 Å². The molecule has 0 heterocycles. The van der Waals surface area contributed by atoms with Crippen LogP contribution in [-0.2, 0) is 9.53 Å². The molecule has 0 aliphatic rings. The van der Waals surface area contributed by atoms with Crippen LogP contribution in [0, 0.1) is 0 Å². The molecule has 0 saturated heterocycles. The summed E-state index contributed by atoms with van der Waals surface area (Å²) in [7, 11) is 1.42. The Balaban J connectivity index is 3.73. The third-order valence-electron chi connectivity index (χ3n) is 0.867. The predicted molar refractivity (Wildman–Crippen MR) is 38.6 cm³/mol. The molecule has 0 radical (unpaired) electrons. The number of carbonyl (C=O) groups excluding carboxylic acids is 2. The van der Waals surface area contributed by atoms with E-state index in [1.54, 1.807) is 6.92 Å². The van der Waals surface area contributed by atoms with Gasteiger partial charge < -0.3 is 4.74 Å². The molecule has 2 amide bonds. The molecule has 0 aromatic rings. The average Bonchev–Trinajstić information content (AvgIpc) is 1.86. The van der Waals surface area contributed by atoms with E-state index in [0.29, 0.717) is 6.61 Å². The van der Waals surface area contributed by atoms with Crippen molar-refractivity contribution in [1.82, 2.24) is 10.4 Å². The van der Waals surface area contributed by atoms with Gasteiger partial charge in [-0.3, -0.25) is 10.2 Å². The fraction of sp³-hybridized carbons (Fsp3) is 0.667. The van der Waals surface area contributed by atoms with Gasteiger partial charge in [-0.2, -0.15) is 0 Å². The Hall–Kier alpha value is -1.26. The number of ether oxygens (including phenoxy) is 1. The van der Waals surface area contributed by atoms with Gasteiger partial charge in [0.15, 0.2) is 0 Å². The summed E-state index contributed by atoms with van der Waals surface area (Å²) in [6.45, 7) is 3.30. The van der Waals surface area contributed by atoms with Crippen LogP contribution >= 0.6 is 0 Å². The standard InChI is InChI=1S/C6H12N2O3/c1-4-11-6(10)8(3)7-5(2)9/h4H2,1-3H3,(H,7,9). The van der Waals surface area contributed by atoms with E-state index >= 15 is 0 Å². The summed E-state index contributed by atoms with van der Waals surface area (Å²) in [5.74, 6) is -0.305. The number of amides is 2. The second-order valence-electron chi connectivity index (χ2n) is 1.93. The summed E-state index contributed by atoms with van der Waals surface area (Å²) >= 11 is 0. The molecule has 0 aromatic heterocycles. The summed E-state index contributed by atoms with van der Waals surface area (Å²) in [4.78, 5) is 21.2. The molecule has 64 valence electrons. The molecule has 1 N–H and O–H groups in total. The third kappa shape index (κ3) is 4.19. The lowest BCUT2D eigenvalue weighted by atomic mass is 10.7. The summed E-state index contributed by atoms with van der Waals surface area (Å²) in [6, 6.07) is 0. The van der Waals surface area contributed by atoms with Crippen LogP contribution in [0.1, 0.15) is 13.8 Å². The van der Waals surface area contributed by atoms with E-state index in [-0.39, 0.29) is 5.91 Å². The lowest BCUT2D eigenvalue weighted by Crippen LogP contribution is -2.42. The first-order valence-corrected chi connectivity index (χ1v) is 3.25. The van der Waals surface area contributed by atoms with Crippen LogP contribution in [0.4, 0.5) is 4.79 Å². The number of hydrazine groups is 1. The molecule has 0 aliphatic heterocycles. The Labute approximate surface area is 65.3 Å². The van der Waals surface area contributed by atoms with Gasteiger partial charge in [-0.15, -0.1) is 0 Å². The van der Waals surface area contributed by atoms with Crippen LogP contribution in [0.3, 0.4) is 0 Å². The number of nitrogens with one attached hydrogen (secondary N) is 1. The molecule has 5 heteroatoms. The van der Waals surface area contributed by atoms with Gasteiger partial charge in [0.25, 0.3) is 0 Å². The van der Waals surface area contributed by atoms with Gasteiger partial charge in [0, 0.05) is 14.0 Å². The van der Waals surface area contributed by atoms with Gasteiger partial charge in [0.1, 0.15) is 0 Å². The highest BCUT2D eigenvalue weighted by Crippen LogP contribution is 1.84. The Bertz CT molecular complexity index is 158. The van der Waals surface area contributed by atoms with Crippen molar-refractivity contribution < 1.29 is 14.3 Å². The van der Waals surface area contributed by atoms with Crippen LogP contribution in [0.5, 0.6) is 0 Å². The zero-order valence-corrected chi connectivity index (χ0v) is 6.88. The predicted octanol–water partition coefficient (Wildman–Crippen LogP) is 0.126. The van der Waals surface area contributed by atoms with Gasteiger partial charge in [-0.05, 0) is 6.92 Å². The van der Waals surface area contributed by atoms with Gasteiger partial charge in [-0.1, -0.05) is 0 Å². The first kappa shape index (κ1) is 9.74. The van der Waals surface area contributed by atoms with Gasteiger partial charge in [-0.25, -0.2) is 9.80 Å². The van der Waals surface area contributed by atoms with E-state index in [4.69, 9.17) is 0 Å². The lowest BCUT2D eigenvalue weighted by Gasteiger charge is -2.15. The molecule has 0 aliphatic carbocycles. The Kier molecular flexibility index (Phi) is 4.02. The number of hydrogen-bond acceptors (Lipinski definition) is 3. The quantitative estimate of drug-likeness (QED) is 0.554. The van der Waals surface area contributed by atoms with E-state index in [2.05, 4.69) is 10.2 Å².